The quantitative estimate of drug-likeness (QED) is 0.666. The molecule has 0 amide bonds. The molecule has 0 saturated heterocycles. The molecule has 0 atom stereocenters. The number of carboxylic acids is 2. The van der Waals surface area contributed by atoms with Crippen molar-refractivity contribution in [2.75, 3.05) is 0 Å². The van der Waals surface area contributed by atoms with Crippen molar-refractivity contribution >= 4 is 23.6 Å². The van der Waals surface area contributed by atoms with Crippen LogP contribution in [-0.4, -0.2) is 22.2 Å². The molecule has 2 aromatic carbocycles. The number of aliphatic carboxylic acids is 1. The monoisotopic (exact) mass is 282 g/mol. The zero-order chi connectivity index (χ0) is 15.4. The maximum Gasteiger partial charge on any atom is 0.336 e. The molecule has 106 valence electrons. The first kappa shape index (κ1) is 14.5. The lowest BCUT2D eigenvalue weighted by Crippen LogP contribution is -2.07. The van der Waals surface area contributed by atoms with Gasteiger partial charge in [0.25, 0.3) is 0 Å². The zero-order valence-electron chi connectivity index (χ0n) is 11.4. The van der Waals surface area contributed by atoms with Gasteiger partial charge < -0.3 is 10.2 Å². The summed E-state index contributed by atoms with van der Waals surface area (Å²) in [6, 6.07) is 13.4. The third kappa shape index (κ3) is 3.36. The summed E-state index contributed by atoms with van der Waals surface area (Å²) < 4.78 is 0. The molecule has 0 aliphatic carbocycles. The van der Waals surface area contributed by atoms with Crippen LogP contribution in [0.1, 0.15) is 27.0 Å². The fourth-order valence-electron chi connectivity index (χ4n) is 1.99. The van der Waals surface area contributed by atoms with Gasteiger partial charge in [-0.15, -0.1) is 0 Å². The van der Waals surface area contributed by atoms with Crippen LogP contribution >= 0.6 is 0 Å². The topological polar surface area (TPSA) is 74.6 Å². The molecule has 0 bridgehead atoms. The van der Waals surface area contributed by atoms with Crippen LogP contribution in [0, 0.1) is 6.92 Å². The molecule has 2 aromatic rings. The Labute approximate surface area is 122 Å². The zero-order valence-corrected chi connectivity index (χ0v) is 11.4. The summed E-state index contributed by atoms with van der Waals surface area (Å²) >= 11 is 0. The first-order valence-electron chi connectivity index (χ1n) is 6.33. The Morgan fingerprint density at radius 1 is 0.905 bits per heavy atom. The minimum absolute atomic E-state index is 0.0294. The fraction of sp³-hybridized carbons (Fsp3) is 0.0588. The van der Waals surface area contributed by atoms with Crippen LogP contribution in [-0.2, 0) is 4.79 Å². The Balaban J connectivity index is 2.57. The van der Waals surface area contributed by atoms with Gasteiger partial charge in [0.15, 0.2) is 0 Å². The van der Waals surface area contributed by atoms with Crippen molar-refractivity contribution in [2.45, 2.75) is 6.92 Å². The minimum atomic E-state index is -1.16. The molecule has 4 heteroatoms. The highest BCUT2D eigenvalue weighted by Gasteiger charge is 2.17. The molecule has 2 N–H and O–H groups in total. The summed E-state index contributed by atoms with van der Waals surface area (Å²) in [5, 5.41) is 18.6. The normalized spacial score (nSPS) is 11.2. The lowest BCUT2D eigenvalue weighted by molar-refractivity contribution is -0.130. The fourth-order valence-corrected chi connectivity index (χ4v) is 1.99. The molecule has 0 heterocycles. The summed E-state index contributed by atoms with van der Waals surface area (Å²) in [5.74, 6) is -2.31. The molecule has 0 aliphatic heterocycles. The minimum Gasteiger partial charge on any atom is -0.478 e. The summed E-state index contributed by atoms with van der Waals surface area (Å²) in [5.41, 5.74) is 1.89. The first-order chi connectivity index (χ1) is 9.99. The van der Waals surface area contributed by atoms with Crippen LogP contribution in [0.25, 0.3) is 11.6 Å². The van der Waals surface area contributed by atoms with Gasteiger partial charge in [-0.25, -0.2) is 9.59 Å². The molecule has 0 radical (unpaired) electrons. The second-order valence-corrected chi connectivity index (χ2v) is 4.62. The molecule has 0 unspecified atom stereocenters. The van der Waals surface area contributed by atoms with E-state index in [1.54, 1.807) is 24.3 Å². The van der Waals surface area contributed by atoms with E-state index in [4.69, 9.17) is 0 Å². The van der Waals surface area contributed by atoms with Gasteiger partial charge in [-0.2, -0.15) is 0 Å². The third-order valence-electron chi connectivity index (χ3n) is 3.07. The van der Waals surface area contributed by atoms with Gasteiger partial charge >= 0.3 is 11.9 Å². The van der Waals surface area contributed by atoms with Gasteiger partial charge in [-0.05, 0) is 24.6 Å². The molecule has 0 aliphatic rings. The maximum absolute atomic E-state index is 11.5. The highest BCUT2D eigenvalue weighted by atomic mass is 16.4. The Morgan fingerprint density at radius 2 is 1.48 bits per heavy atom. The van der Waals surface area contributed by atoms with Gasteiger partial charge in [-0.3, -0.25) is 0 Å². The van der Waals surface area contributed by atoms with Crippen molar-refractivity contribution in [3.8, 4) is 0 Å². The number of hydrogen-bond donors (Lipinski definition) is 2. The average Bonchev–Trinajstić information content (AvgIpc) is 2.46. The first-order valence-corrected chi connectivity index (χ1v) is 6.33. The summed E-state index contributed by atoms with van der Waals surface area (Å²) in [4.78, 5) is 22.7. The van der Waals surface area contributed by atoms with Crippen LogP contribution in [0.15, 0.2) is 48.5 Å². The standard InChI is InChI=1S/C17H14O4/c1-11-6-8-12(9-7-11)10-15(17(20)21)13-4-2-3-5-14(13)16(18)19/h2-10H,1H3,(H,18,19)(H,20,21)/b15-10-. The van der Waals surface area contributed by atoms with Gasteiger partial charge in [0.2, 0.25) is 0 Å². The molecule has 2 rings (SSSR count). The van der Waals surface area contributed by atoms with E-state index in [1.165, 1.54) is 18.2 Å². The van der Waals surface area contributed by atoms with Gasteiger partial charge in [0, 0.05) is 5.56 Å². The summed E-state index contributed by atoms with van der Waals surface area (Å²) in [6.45, 7) is 1.94. The molecular formula is C17H14O4. The number of hydrogen-bond acceptors (Lipinski definition) is 2. The van der Waals surface area contributed by atoms with E-state index in [9.17, 15) is 19.8 Å². The predicted molar refractivity (Wildman–Crippen MR) is 80.1 cm³/mol. The number of carboxylic acid groups (broad SMARTS) is 2. The van der Waals surface area contributed by atoms with Crippen molar-refractivity contribution in [3.63, 3.8) is 0 Å². The van der Waals surface area contributed by atoms with E-state index < -0.39 is 11.9 Å². The Hall–Kier alpha value is -2.88. The third-order valence-corrected chi connectivity index (χ3v) is 3.07. The largest absolute Gasteiger partial charge is 0.478 e. The average molecular weight is 282 g/mol. The van der Waals surface area contributed by atoms with Gasteiger partial charge in [-0.1, -0.05) is 48.0 Å². The van der Waals surface area contributed by atoms with Crippen molar-refractivity contribution < 1.29 is 19.8 Å². The van der Waals surface area contributed by atoms with Crippen LogP contribution in [0.3, 0.4) is 0 Å². The smallest absolute Gasteiger partial charge is 0.336 e. The van der Waals surface area contributed by atoms with Gasteiger partial charge in [0.1, 0.15) is 0 Å². The lowest BCUT2D eigenvalue weighted by atomic mass is 9.97. The van der Waals surface area contributed by atoms with E-state index in [0.29, 0.717) is 5.56 Å². The second kappa shape index (κ2) is 6.05. The molecular weight excluding hydrogens is 268 g/mol. The molecule has 21 heavy (non-hydrogen) atoms. The predicted octanol–water partition coefficient (Wildman–Crippen LogP) is 3.32. The summed E-state index contributed by atoms with van der Waals surface area (Å²) in [6.07, 6.45) is 1.48. The number of aromatic carboxylic acids is 1. The highest BCUT2D eigenvalue weighted by Crippen LogP contribution is 2.22. The molecule has 0 spiro atoms. The molecule has 0 fully saturated rings. The Kier molecular flexibility index (Phi) is 4.18. The maximum atomic E-state index is 11.5. The van der Waals surface area contributed by atoms with Crippen LogP contribution in [0.5, 0.6) is 0 Å². The number of carbonyl (C=O) groups is 2. The van der Waals surface area contributed by atoms with Crippen LogP contribution < -0.4 is 0 Å². The number of aryl methyl sites for hydroxylation is 1. The van der Waals surface area contributed by atoms with Crippen molar-refractivity contribution in [1.82, 2.24) is 0 Å². The summed E-state index contributed by atoms with van der Waals surface area (Å²) in [7, 11) is 0. The molecule has 4 nitrogen and oxygen atoms in total. The lowest BCUT2D eigenvalue weighted by Gasteiger charge is -2.07. The van der Waals surface area contributed by atoms with E-state index in [-0.39, 0.29) is 16.7 Å². The highest BCUT2D eigenvalue weighted by molar-refractivity contribution is 6.22. The Morgan fingerprint density at radius 3 is 2.00 bits per heavy atom. The Bertz CT molecular complexity index is 712. The van der Waals surface area contributed by atoms with Gasteiger partial charge in [0.05, 0.1) is 11.1 Å². The number of rotatable bonds is 4. The number of benzene rings is 2. The SMILES string of the molecule is Cc1ccc(/C=C(\C(=O)O)c2ccccc2C(=O)O)cc1. The van der Waals surface area contributed by atoms with E-state index in [1.807, 2.05) is 19.1 Å². The van der Waals surface area contributed by atoms with E-state index in [0.717, 1.165) is 5.56 Å². The molecule has 0 saturated carbocycles. The van der Waals surface area contributed by atoms with Crippen LogP contribution in [0.2, 0.25) is 0 Å². The van der Waals surface area contributed by atoms with Crippen molar-refractivity contribution in [1.29, 1.82) is 0 Å². The van der Waals surface area contributed by atoms with Crippen LogP contribution in [0.4, 0.5) is 0 Å². The van der Waals surface area contributed by atoms with E-state index in [2.05, 4.69) is 0 Å². The van der Waals surface area contributed by atoms with Crippen molar-refractivity contribution in [2.24, 2.45) is 0 Å². The molecule has 0 aromatic heterocycles. The van der Waals surface area contributed by atoms with Crippen molar-refractivity contribution in [3.05, 3.63) is 70.8 Å². The van der Waals surface area contributed by atoms with E-state index >= 15 is 0 Å². The second-order valence-electron chi connectivity index (χ2n) is 4.62.